The van der Waals surface area contributed by atoms with Crippen molar-refractivity contribution in [3.05, 3.63) is 0 Å². The normalized spacial score (nSPS) is 25.2. The second-order valence-electron chi connectivity index (χ2n) is 3.66. The van der Waals surface area contributed by atoms with Crippen LogP contribution in [0.1, 0.15) is 26.2 Å². The second-order valence-corrected chi connectivity index (χ2v) is 4.76. The molecule has 4 heteroatoms. The van der Waals surface area contributed by atoms with Crippen LogP contribution in [0.15, 0.2) is 0 Å². The van der Waals surface area contributed by atoms with Crippen molar-refractivity contribution in [2.45, 2.75) is 37.1 Å². The van der Waals surface area contributed by atoms with Gasteiger partial charge in [-0.15, -0.1) is 0 Å². The van der Waals surface area contributed by atoms with E-state index in [4.69, 9.17) is 4.74 Å². The monoisotopic (exact) mass is 263 g/mol. The number of methoxy groups -OCH3 is 1. The third-order valence-electron chi connectivity index (χ3n) is 2.68. The number of amides is 1. The highest BCUT2D eigenvalue weighted by atomic mass is 79.9. The lowest BCUT2D eigenvalue weighted by molar-refractivity contribution is -0.136. The molecule has 0 N–H and O–H groups in total. The predicted molar refractivity (Wildman–Crippen MR) is 59.6 cm³/mol. The van der Waals surface area contributed by atoms with Gasteiger partial charge < -0.3 is 9.64 Å². The van der Waals surface area contributed by atoms with Gasteiger partial charge in [0.1, 0.15) is 0 Å². The molecule has 2 atom stereocenters. The van der Waals surface area contributed by atoms with E-state index in [2.05, 4.69) is 22.9 Å². The van der Waals surface area contributed by atoms with Gasteiger partial charge in [-0.25, -0.2) is 0 Å². The van der Waals surface area contributed by atoms with Gasteiger partial charge >= 0.3 is 0 Å². The van der Waals surface area contributed by atoms with Crippen LogP contribution in [0.5, 0.6) is 0 Å². The molecule has 1 rings (SSSR count). The van der Waals surface area contributed by atoms with Crippen molar-refractivity contribution in [3.8, 4) is 0 Å². The van der Waals surface area contributed by atoms with E-state index in [9.17, 15) is 4.79 Å². The lowest BCUT2D eigenvalue weighted by atomic mass is 10.1. The van der Waals surface area contributed by atoms with Crippen LogP contribution in [0, 0.1) is 0 Å². The number of hydrogen-bond acceptors (Lipinski definition) is 2. The highest BCUT2D eigenvalue weighted by Crippen LogP contribution is 2.21. The van der Waals surface area contributed by atoms with Crippen LogP contribution in [-0.4, -0.2) is 41.9 Å². The summed E-state index contributed by atoms with van der Waals surface area (Å²) in [6.07, 6.45) is 3.00. The number of hydrogen-bond donors (Lipinski definition) is 0. The van der Waals surface area contributed by atoms with E-state index >= 15 is 0 Å². The summed E-state index contributed by atoms with van der Waals surface area (Å²) < 4.78 is 5.12. The van der Waals surface area contributed by atoms with E-state index in [1.807, 2.05) is 4.90 Å². The number of rotatable bonds is 4. The van der Waals surface area contributed by atoms with Crippen LogP contribution in [0.25, 0.3) is 0 Å². The maximum atomic E-state index is 11.8. The van der Waals surface area contributed by atoms with Crippen molar-refractivity contribution in [2.24, 2.45) is 0 Å². The molecular formula is C10H18BrNO2. The van der Waals surface area contributed by atoms with Gasteiger partial charge in [-0.1, -0.05) is 22.9 Å². The quantitative estimate of drug-likeness (QED) is 0.724. The standard InChI is InChI=1S/C10H18BrNO2/c1-3-8(7-14-2)12-6-4-5-9(11)10(12)13/h8-9H,3-7H2,1-2H3. The van der Waals surface area contributed by atoms with Crippen LogP contribution in [0.3, 0.4) is 0 Å². The number of ether oxygens (including phenoxy) is 1. The van der Waals surface area contributed by atoms with E-state index in [0.29, 0.717) is 6.61 Å². The number of alkyl halides is 1. The zero-order chi connectivity index (χ0) is 10.6. The molecule has 1 amide bonds. The Balaban J connectivity index is 2.59. The fourth-order valence-electron chi connectivity index (χ4n) is 1.84. The maximum Gasteiger partial charge on any atom is 0.236 e. The van der Waals surface area contributed by atoms with Gasteiger partial charge in [-0.2, -0.15) is 0 Å². The van der Waals surface area contributed by atoms with Gasteiger partial charge in [0.15, 0.2) is 0 Å². The van der Waals surface area contributed by atoms with Crippen molar-refractivity contribution in [1.82, 2.24) is 4.90 Å². The summed E-state index contributed by atoms with van der Waals surface area (Å²) in [5.41, 5.74) is 0. The molecular weight excluding hydrogens is 246 g/mol. The van der Waals surface area contributed by atoms with Gasteiger partial charge in [0.2, 0.25) is 5.91 Å². The summed E-state index contributed by atoms with van der Waals surface area (Å²) in [6, 6.07) is 0.243. The Bertz CT molecular complexity index is 199. The zero-order valence-corrected chi connectivity index (χ0v) is 10.4. The molecule has 0 radical (unpaired) electrons. The second kappa shape index (κ2) is 5.71. The van der Waals surface area contributed by atoms with Crippen LogP contribution in [0.4, 0.5) is 0 Å². The fourth-order valence-corrected chi connectivity index (χ4v) is 2.42. The maximum absolute atomic E-state index is 11.8. The SMILES string of the molecule is CCC(COC)N1CCCC(Br)C1=O. The molecule has 1 aliphatic rings. The van der Waals surface area contributed by atoms with Crippen LogP contribution in [0.2, 0.25) is 0 Å². The van der Waals surface area contributed by atoms with Crippen molar-refractivity contribution >= 4 is 21.8 Å². The molecule has 1 fully saturated rings. The Hall–Kier alpha value is -0.0900. The van der Waals surface area contributed by atoms with Crippen LogP contribution in [-0.2, 0) is 9.53 Å². The van der Waals surface area contributed by atoms with Crippen molar-refractivity contribution in [1.29, 1.82) is 0 Å². The molecule has 0 aliphatic carbocycles. The number of likely N-dealkylation sites (tertiary alicyclic amines) is 1. The van der Waals surface area contributed by atoms with Gasteiger partial charge in [0, 0.05) is 13.7 Å². The molecule has 0 bridgehead atoms. The third-order valence-corrected chi connectivity index (χ3v) is 3.53. The number of piperidine rings is 1. The number of nitrogens with zero attached hydrogens (tertiary/aromatic N) is 1. The first-order chi connectivity index (χ1) is 6.70. The minimum Gasteiger partial charge on any atom is -0.383 e. The highest BCUT2D eigenvalue weighted by molar-refractivity contribution is 9.10. The molecule has 0 aromatic heterocycles. The summed E-state index contributed by atoms with van der Waals surface area (Å²) in [6.45, 7) is 3.61. The summed E-state index contributed by atoms with van der Waals surface area (Å²) >= 11 is 3.41. The lowest BCUT2D eigenvalue weighted by Crippen LogP contribution is -2.49. The van der Waals surface area contributed by atoms with Crippen molar-refractivity contribution in [3.63, 3.8) is 0 Å². The number of halogens is 1. The topological polar surface area (TPSA) is 29.5 Å². The smallest absolute Gasteiger partial charge is 0.236 e. The molecule has 0 saturated carbocycles. The first-order valence-electron chi connectivity index (χ1n) is 5.14. The average Bonchev–Trinajstić information content (AvgIpc) is 2.19. The number of carbonyl (C=O) groups is 1. The third kappa shape index (κ3) is 2.70. The fraction of sp³-hybridized carbons (Fsp3) is 0.900. The van der Waals surface area contributed by atoms with E-state index in [-0.39, 0.29) is 16.8 Å². The molecule has 3 nitrogen and oxygen atoms in total. The van der Waals surface area contributed by atoms with Gasteiger partial charge in [-0.3, -0.25) is 4.79 Å². The van der Waals surface area contributed by atoms with E-state index in [1.165, 1.54) is 0 Å². The molecule has 1 aliphatic heterocycles. The Morgan fingerprint density at radius 1 is 1.71 bits per heavy atom. The van der Waals surface area contributed by atoms with E-state index in [0.717, 1.165) is 25.8 Å². The Morgan fingerprint density at radius 3 is 3.00 bits per heavy atom. The highest BCUT2D eigenvalue weighted by Gasteiger charge is 2.30. The molecule has 2 unspecified atom stereocenters. The molecule has 0 aromatic carbocycles. The molecule has 82 valence electrons. The molecule has 14 heavy (non-hydrogen) atoms. The number of carbonyl (C=O) groups excluding carboxylic acids is 1. The molecule has 0 aromatic rings. The van der Waals surface area contributed by atoms with Crippen molar-refractivity contribution < 1.29 is 9.53 Å². The van der Waals surface area contributed by atoms with E-state index < -0.39 is 0 Å². The van der Waals surface area contributed by atoms with Crippen molar-refractivity contribution in [2.75, 3.05) is 20.3 Å². The molecule has 1 saturated heterocycles. The van der Waals surface area contributed by atoms with Gasteiger partial charge in [-0.05, 0) is 19.3 Å². The molecule has 0 spiro atoms. The molecule has 1 heterocycles. The summed E-state index contributed by atoms with van der Waals surface area (Å²) in [7, 11) is 1.68. The zero-order valence-electron chi connectivity index (χ0n) is 8.83. The van der Waals surface area contributed by atoms with Crippen LogP contribution >= 0.6 is 15.9 Å². The first-order valence-corrected chi connectivity index (χ1v) is 6.05. The van der Waals surface area contributed by atoms with E-state index in [1.54, 1.807) is 7.11 Å². The largest absolute Gasteiger partial charge is 0.383 e. The van der Waals surface area contributed by atoms with Gasteiger partial charge in [0.05, 0.1) is 17.5 Å². The van der Waals surface area contributed by atoms with Crippen LogP contribution < -0.4 is 0 Å². The van der Waals surface area contributed by atoms with Gasteiger partial charge in [0.25, 0.3) is 0 Å². The predicted octanol–water partition coefficient (Wildman–Crippen LogP) is 1.80. The Kier molecular flexibility index (Phi) is 4.89. The Morgan fingerprint density at radius 2 is 2.43 bits per heavy atom. The first kappa shape index (κ1) is 12.0. The lowest BCUT2D eigenvalue weighted by Gasteiger charge is -2.35. The minimum atomic E-state index is 0.0159. The summed E-state index contributed by atoms with van der Waals surface area (Å²) in [4.78, 5) is 13.8. The Labute approximate surface area is 93.9 Å². The average molecular weight is 264 g/mol. The summed E-state index contributed by atoms with van der Waals surface area (Å²) in [5, 5.41) is 0. The summed E-state index contributed by atoms with van der Waals surface area (Å²) in [5.74, 6) is 0.222. The minimum absolute atomic E-state index is 0.0159.